The lowest BCUT2D eigenvalue weighted by Crippen LogP contribution is -2.07. The van der Waals surface area contributed by atoms with Gasteiger partial charge in [0.1, 0.15) is 11.5 Å². The number of benzene rings is 1. The Morgan fingerprint density at radius 3 is 2.64 bits per heavy atom. The lowest BCUT2D eigenvalue weighted by Gasteiger charge is -2.10. The van der Waals surface area contributed by atoms with E-state index in [4.69, 9.17) is 4.74 Å². The molecule has 1 aromatic carbocycles. The van der Waals surface area contributed by atoms with E-state index in [0.29, 0.717) is 17.0 Å². The van der Waals surface area contributed by atoms with Gasteiger partial charge in [-0.1, -0.05) is 0 Å². The van der Waals surface area contributed by atoms with Crippen molar-refractivity contribution in [1.82, 2.24) is 0 Å². The third-order valence-corrected chi connectivity index (χ3v) is 1.83. The lowest BCUT2D eigenvalue weighted by atomic mass is 10.2. The van der Waals surface area contributed by atoms with Crippen molar-refractivity contribution < 1.29 is 14.6 Å². The van der Waals surface area contributed by atoms with Gasteiger partial charge in [0.15, 0.2) is 0 Å². The topological polar surface area (TPSA) is 58.6 Å². The number of aromatic hydroxyl groups is 1. The lowest BCUT2D eigenvalue weighted by molar-refractivity contribution is -0.114. The Morgan fingerprint density at radius 2 is 2.14 bits per heavy atom. The zero-order valence-electron chi connectivity index (χ0n) is 8.42. The number of hydrogen-bond acceptors (Lipinski definition) is 3. The molecule has 1 rings (SSSR count). The van der Waals surface area contributed by atoms with Gasteiger partial charge < -0.3 is 15.2 Å². The highest BCUT2D eigenvalue weighted by molar-refractivity contribution is 5.90. The van der Waals surface area contributed by atoms with Gasteiger partial charge in [-0.2, -0.15) is 0 Å². The number of nitrogens with one attached hydrogen (secondary N) is 1. The molecule has 0 heterocycles. The number of aryl methyl sites for hydroxylation is 1. The number of rotatable bonds is 2. The number of phenols is 1. The highest BCUT2D eigenvalue weighted by Crippen LogP contribution is 2.31. The van der Waals surface area contributed by atoms with Gasteiger partial charge in [-0.25, -0.2) is 0 Å². The predicted molar refractivity (Wildman–Crippen MR) is 53.7 cm³/mol. The molecule has 0 unspecified atom stereocenters. The summed E-state index contributed by atoms with van der Waals surface area (Å²) in [5.74, 6) is 0.469. The molecule has 4 heteroatoms. The van der Waals surface area contributed by atoms with Gasteiger partial charge in [0.25, 0.3) is 0 Å². The maximum absolute atomic E-state index is 10.8. The van der Waals surface area contributed by atoms with Crippen LogP contribution in [0.5, 0.6) is 11.5 Å². The molecule has 0 bridgehead atoms. The molecule has 1 amide bonds. The van der Waals surface area contributed by atoms with Crippen molar-refractivity contribution in [1.29, 1.82) is 0 Å². The molecule has 4 nitrogen and oxygen atoms in total. The summed E-state index contributed by atoms with van der Waals surface area (Å²) in [6.07, 6.45) is 0. The fourth-order valence-electron chi connectivity index (χ4n) is 1.13. The Morgan fingerprint density at radius 1 is 1.50 bits per heavy atom. The average Bonchev–Trinajstić information content (AvgIpc) is 2.10. The van der Waals surface area contributed by atoms with Crippen LogP contribution in [0.1, 0.15) is 12.5 Å². The molecule has 0 spiro atoms. The van der Waals surface area contributed by atoms with E-state index in [2.05, 4.69) is 5.32 Å². The zero-order valence-corrected chi connectivity index (χ0v) is 8.42. The first-order chi connectivity index (χ1) is 6.54. The third-order valence-electron chi connectivity index (χ3n) is 1.83. The van der Waals surface area contributed by atoms with E-state index in [-0.39, 0.29) is 11.7 Å². The molecule has 1 aromatic rings. The number of hydrogen-bond donors (Lipinski definition) is 2. The van der Waals surface area contributed by atoms with Gasteiger partial charge in [-0.3, -0.25) is 4.79 Å². The van der Waals surface area contributed by atoms with Crippen LogP contribution in [0.4, 0.5) is 5.69 Å². The van der Waals surface area contributed by atoms with E-state index >= 15 is 0 Å². The SMILES string of the molecule is COc1cc(C)c(O)cc1NC(C)=O. The van der Waals surface area contributed by atoms with E-state index in [0.717, 1.165) is 0 Å². The van der Waals surface area contributed by atoms with Crippen molar-refractivity contribution in [3.05, 3.63) is 17.7 Å². The van der Waals surface area contributed by atoms with Crippen molar-refractivity contribution in [2.24, 2.45) is 0 Å². The summed E-state index contributed by atoms with van der Waals surface area (Å²) < 4.78 is 5.06. The maximum atomic E-state index is 10.8. The van der Waals surface area contributed by atoms with Gasteiger partial charge in [0.2, 0.25) is 5.91 Å². The summed E-state index contributed by atoms with van der Waals surface area (Å²) >= 11 is 0. The molecular weight excluding hydrogens is 182 g/mol. The summed E-state index contributed by atoms with van der Waals surface area (Å²) in [6, 6.07) is 3.14. The molecule has 0 radical (unpaired) electrons. The molecule has 0 aromatic heterocycles. The number of amides is 1. The molecule has 0 fully saturated rings. The fourth-order valence-corrected chi connectivity index (χ4v) is 1.13. The van der Waals surface area contributed by atoms with Gasteiger partial charge in [0, 0.05) is 13.0 Å². The number of anilines is 1. The fraction of sp³-hybridized carbons (Fsp3) is 0.300. The second-order valence-corrected chi connectivity index (χ2v) is 3.02. The number of carbonyl (C=O) groups excluding carboxylic acids is 1. The van der Waals surface area contributed by atoms with Gasteiger partial charge in [-0.15, -0.1) is 0 Å². The quantitative estimate of drug-likeness (QED) is 0.754. The van der Waals surface area contributed by atoms with Gasteiger partial charge in [0.05, 0.1) is 12.8 Å². The number of carbonyl (C=O) groups is 1. The smallest absolute Gasteiger partial charge is 0.221 e. The Labute approximate surface area is 82.5 Å². The van der Waals surface area contributed by atoms with E-state index < -0.39 is 0 Å². The summed E-state index contributed by atoms with van der Waals surface area (Å²) in [6.45, 7) is 3.16. The molecule has 0 atom stereocenters. The molecule has 76 valence electrons. The molecular formula is C10H13NO3. The number of phenolic OH excluding ortho intramolecular Hbond substituents is 1. The highest BCUT2D eigenvalue weighted by Gasteiger charge is 2.07. The summed E-state index contributed by atoms with van der Waals surface area (Å²) in [4.78, 5) is 10.8. The van der Waals surface area contributed by atoms with Crippen LogP contribution in [0.25, 0.3) is 0 Å². The molecule has 2 N–H and O–H groups in total. The minimum absolute atomic E-state index is 0.134. The van der Waals surface area contributed by atoms with E-state index in [1.807, 2.05) is 0 Å². The Hall–Kier alpha value is -1.71. The minimum atomic E-state index is -0.202. The summed E-state index contributed by atoms with van der Waals surface area (Å²) in [5, 5.41) is 12.0. The Kier molecular flexibility index (Phi) is 2.96. The van der Waals surface area contributed by atoms with E-state index in [9.17, 15) is 9.90 Å². The van der Waals surface area contributed by atoms with Crippen LogP contribution in [0.2, 0.25) is 0 Å². The monoisotopic (exact) mass is 195 g/mol. The molecule has 0 saturated heterocycles. The van der Waals surface area contributed by atoms with Crippen LogP contribution in [-0.2, 0) is 4.79 Å². The maximum Gasteiger partial charge on any atom is 0.221 e. The van der Waals surface area contributed by atoms with Crippen LogP contribution in [0.15, 0.2) is 12.1 Å². The van der Waals surface area contributed by atoms with Crippen molar-refractivity contribution in [2.75, 3.05) is 12.4 Å². The largest absolute Gasteiger partial charge is 0.508 e. The summed E-state index contributed by atoms with van der Waals surface area (Å²) in [5.41, 5.74) is 1.18. The van der Waals surface area contributed by atoms with Crippen LogP contribution < -0.4 is 10.1 Å². The summed E-state index contributed by atoms with van der Waals surface area (Å²) in [7, 11) is 1.51. The zero-order chi connectivity index (χ0) is 10.7. The van der Waals surface area contributed by atoms with Crippen molar-refractivity contribution in [3.8, 4) is 11.5 Å². The van der Waals surface area contributed by atoms with Crippen LogP contribution >= 0.6 is 0 Å². The van der Waals surface area contributed by atoms with E-state index in [1.54, 1.807) is 13.0 Å². The predicted octanol–water partition coefficient (Wildman–Crippen LogP) is 1.67. The molecule has 0 saturated carbocycles. The van der Waals surface area contributed by atoms with Gasteiger partial charge >= 0.3 is 0 Å². The Balaban J connectivity index is 3.13. The van der Waals surface area contributed by atoms with Crippen molar-refractivity contribution in [2.45, 2.75) is 13.8 Å². The number of ether oxygens (including phenoxy) is 1. The molecule has 0 aliphatic rings. The first-order valence-corrected chi connectivity index (χ1v) is 4.19. The van der Waals surface area contributed by atoms with E-state index in [1.165, 1.54) is 20.1 Å². The second kappa shape index (κ2) is 4.00. The highest BCUT2D eigenvalue weighted by atomic mass is 16.5. The second-order valence-electron chi connectivity index (χ2n) is 3.02. The van der Waals surface area contributed by atoms with Crippen molar-refractivity contribution in [3.63, 3.8) is 0 Å². The average molecular weight is 195 g/mol. The normalized spacial score (nSPS) is 9.64. The number of methoxy groups -OCH3 is 1. The van der Waals surface area contributed by atoms with Crippen molar-refractivity contribution >= 4 is 11.6 Å². The van der Waals surface area contributed by atoms with Crippen LogP contribution in [-0.4, -0.2) is 18.1 Å². The molecule has 14 heavy (non-hydrogen) atoms. The van der Waals surface area contributed by atoms with Gasteiger partial charge in [-0.05, 0) is 18.6 Å². The Bertz CT molecular complexity index is 361. The first-order valence-electron chi connectivity index (χ1n) is 4.19. The van der Waals surface area contributed by atoms with Crippen LogP contribution in [0.3, 0.4) is 0 Å². The molecule has 0 aliphatic carbocycles. The van der Waals surface area contributed by atoms with Crippen LogP contribution in [0, 0.1) is 6.92 Å². The minimum Gasteiger partial charge on any atom is -0.508 e. The third kappa shape index (κ3) is 2.16. The first kappa shape index (κ1) is 10.4. The standard InChI is InChI=1S/C10H13NO3/c1-6-4-10(14-3)8(5-9(6)13)11-7(2)12/h4-5,13H,1-3H3,(H,11,12). The molecule has 0 aliphatic heterocycles.